The molecule has 1 aromatic carbocycles. The molecular formula is C22H27N5O4S2. The second kappa shape index (κ2) is 10.6. The number of benzene rings is 1. The molecule has 4 rings (SSSR count). The minimum absolute atomic E-state index is 0.0351. The van der Waals surface area contributed by atoms with Gasteiger partial charge in [-0.3, -0.25) is 9.69 Å². The van der Waals surface area contributed by atoms with E-state index in [-0.39, 0.29) is 19.0 Å². The van der Waals surface area contributed by atoms with Crippen molar-refractivity contribution in [2.75, 3.05) is 39.3 Å². The standard InChI is InChI=1S/C22H27N5O4S2/c1-2-10-26(16-20-23-24-22(31-20)19-9-6-15-32-19)21(28)17-25-11-13-27(14-12-25)33(29,30)18-7-4-3-5-8-18/h3-9,15H,2,10-14,16-17H2,1H3. The number of thiophene rings is 1. The molecule has 1 fully saturated rings. The van der Waals surface area contributed by atoms with Crippen LogP contribution in [-0.2, 0) is 21.4 Å². The van der Waals surface area contributed by atoms with Crippen LogP contribution in [0.2, 0.25) is 0 Å². The summed E-state index contributed by atoms with van der Waals surface area (Å²) in [5, 5.41) is 10.1. The minimum atomic E-state index is -3.51. The summed E-state index contributed by atoms with van der Waals surface area (Å²) < 4.78 is 32.8. The number of piperazine rings is 1. The van der Waals surface area contributed by atoms with Crippen molar-refractivity contribution in [3.63, 3.8) is 0 Å². The highest BCUT2D eigenvalue weighted by atomic mass is 32.2. The summed E-state index contributed by atoms with van der Waals surface area (Å²) in [5.41, 5.74) is 0. The predicted molar refractivity (Wildman–Crippen MR) is 125 cm³/mol. The van der Waals surface area contributed by atoms with Crippen LogP contribution in [-0.4, -0.2) is 77.9 Å². The van der Waals surface area contributed by atoms with Crippen LogP contribution >= 0.6 is 11.3 Å². The third-order valence-electron chi connectivity index (χ3n) is 5.44. The maximum atomic E-state index is 13.0. The number of hydrogen-bond acceptors (Lipinski definition) is 8. The van der Waals surface area contributed by atoms with Crippen molar-refractivity contribution >= 4 is 27.3 Å². The third kappa shape index (κ3) is 5.67. The van der Waals surface area contributed by atoms with E-state index in [9.17, 15) is 13.2 Å². The van der Waals surface area contributed by atoms with Gasteiger partial charge in [0.05, 0.1) is 22.9 Å². The molecule has 3 heterocycles. The highest BCUT2D eigenvalue weighted by molar-refractivity contribution is 7.89. The lowest BCUT2D eigenvalue weighted by atomic mass is 10.3. The highest BCUT2D eigenvalue weighted by Gasteiger charge is 2.29. The van der Waals surface area contributed by atoms with Crippen LogP contribution in [0.15, 0.2) is 57.2 Å². The van der Waals surface area contributed by atoms with Gasteiger partial charge in [-0.05, 0) is 30.0 Å². The number of hydrogen-bond donors (Lipinski definition) is 0. The Hall–Kier alpha value is -2.60. The molecule has 9 nitrogen and oxygen atoms in total. The molecule has 1 saturated heterocycles. The fourth-order valence-electron chi connectivity index (χ4n) is 3.70. The summed E-state index contributed by atoms with van der Waals surface area (Å²) in [5.74, 6) is 0.825. The van der Waals surface area contributed by atoms with Gasteiger partial charge in [0.2, 0.25) is 21.8 Å². The largest absolute Gasteiger partial charge is 0.418 e. The lowest BCUT2D eigenvalue weighted by molar-refractivity contribution is -0.133. The number of sulfonamides is 1. The summed E-state index contributed by atoms with van der Waals surface area (Å²) in [6.45, 7) is 4.79. The van der Waals surface area contributed by atoms with E-state index in [4.69, 9.17) is 4.42 Å². The third-order valence-corrected chi connectivity index (χ3v) is 8.21. The second-order valence-corrected chi connectivity index (χ2v) is 10.7. The Balaban J connectivity index is 1.33. The zero-order chi connectivity index (χ0) is 23.3. The quantitative estimate of drug-likeness (QED) is 0.455. The molecule has 0 aliphatic carbocycles. The first kappa shape index (κ1) is 23.6. The first-order valence-corrected chi connectivity index (χ1v) is 13.2. The number of carbonyl (C=O) groups is 1. The van der Waals surface area contributed by atoms with E-state index in [1.807, 2.05) is 29.3 Å². The number of amides is 1. The van der Waals surface area contributed by atoms with Gasteiger partial charge in [0.15, 0.2) is 0 Å². The molecule has 11 heteroatoms. The lowest BCUT2D eigenvalue weighted by Crippen LogP contribution is -2.51. The topological polar surface area (TPSA) is 99.8 Å². The Morgan fingerprint density at radius 2 is 1.85 bits per heavy atom. The van der Waals surface area contributed by atoms with Crippen LogP contribution in [0.25, 0.3) is 10.8 Å². The van der Waals surface area contributed by atoms with E-state index in [0.717, 1.165) is 11.3 Å². The Morgan fingerprint density at radius 1 is 1.09 bits per heavy atom. The molecule has 1 amide bonds. The first-order valence-electron chi connectivity index (χ1n) is 10.9. The smallest absolute Gasteiger partial charge is 0.257 e. The van der Waals surface area contributed by atoms with Crippen molar-refractivity contribution in [3.05, 3.63) is 53.7 Å². The molecule has 33 heavy (non-hydrogen) atoms. The molecule has 0 radical (unpaired) electrons. The van der Waals surface area contributed by atoms with Crippen molar-refractivity contribution in [2.24, 2.45) is 0 Å². The summed E-state index contributed by atoms with van der Waals surface area (Å²) in [6.07, 6.45) is 0.806. The van der Waals surface area contributed by atoms with Crippen LogP contribution in [0.1, 0.15) is 19.2 Å². The number of aromatic nitrogens is 2. The molecule has 0 atom stereocenters. The molecule has 3 aromatic rings. The van der Waals surface area contributed by atoms with E-state index in [1.54, 1.807) is 35.2 Å². The van der Waals surface area contributed by atoms with Crippen molar-refractivity contribution in [2.45, 2.75) is 24.8 Å². The van der Waals surface area contributed by atoms with E-state index in [2.05, 4.69) is 10.2 Å². The number of carbonyl (C=O) groups excluding carboxylic acids is 1. The zero-order valence-electron chi connectivity index (χ0n) is 18.5. The lowest BCUT2D eigenvalue weighted by Gasteiger charge is -2.34. The van der Waals surface area contributed by atoms with Gasteiger partial charge in [0.25, 0.3) is 5.89 Å². The van der Waals surface area contributed by atoms with Crippen LogP contribution in [0.3, 0.4) is 0 Å². The van der Waals surface area contributed by atoms with Crippen molar-refractivity contribution in [1.82, 2.24) is 24.3 Å². The van der Waals surface area contributed by atoms with Crippen LogP contribution in [0.5, 0.6) is 0 Å². The number of rotatable bonds is 9. The van der Waals surface area contributed by atoms with Gasteiger partial charge in [-0.2, -0.15) is 4.31 Å². The van der Waals surface area contributed by atoms with Crippen LogP contribution < -0.4 is 0 Å². The second-order valence-electron chi connectivity index (χ2n) is 7.79. The van der Waals surface area contributed by atoms with Gasteiger partial charge in [-0.15, -0.1) is 21.5 Å². The van der Waals surface area contributed by atoms with Gasteiger partial charge < -0.3 is 9.32 Å². The van der Waals surface area contributed by atoms with E-state index in [0.29, 0.717) is 49.4 Å². The van der Waals surface area contributed by atoms with Crippen LogP contribution in [0.4, 0.5) is 0 Å². The molecule has 0 spiro atoms. The van der Waals surface area contributed by atoms with E-state index < -0.39 is 10.0 Å². The normalized spacial score (nSPS) is 15.5. The molecule has 0 N–H and O–H groups in total. The molecule has 2 aromatic heterocycles. The monoisotopic (exact) mass is 489 g/mol. The summed E-state index contributed by atoms with van der Waals surface area (Å²) in [7, 11) is -3.51. The van der Waals surface area contributed by atoms with Gasteiger partial charge in [0.1, 0.15) is 0 Å². The first-order chi connectivity index (χ1) is 16.0. The molecular weight excluding hydrogens is 462 g/mol. The van der Waals surface area contributed by atoms with Gasteiger partial charge in [-0.25, -0.2) is 8.42 Å². The Kier molecular flexibility index (Phi) is 7.53. The molecule has 0 bridgehead atoms. The molecule has 0 saturated carbocycles. The summed E-state index contributed by atoms with van der Waals surface area (Å²) in [4.78, 5) is 17.9. The SMILES string of the molecule is CCCN(Cc1nnc(-c2cccs2)o1)C(=O)CN1CCN(S(=O)(=O)c2ccccc2)CC1. The average molecular weight is 490 g/mol. The fraction of sp³-hybridized carbons (Fsp3) is 0.409. The van der Waals surface area contributed by atoms with E-state index >= 15 is 0 Å². The summed E-state index contributed by atoms with van der Waals surface area (Å²) >= 11 is 1.52. The fourth-order valence-corrected chi connectivity index (χ4v) is 5.79. The molecule has 176 valence electrons. The maximum Gasteiger partial charge on any atom is 0.257 e. The Morgan fingerprint density at radius 3 is 2.52 bits per heavy atom. The Bertz CT molecular complexity index is 1140. The zero-order valence-corrected chi connectivity index (χ0v) is 20.1. The van der Waals surface area contributed by atoms with Crippen molar-refractivity contribution < 1.29 is 17.6 Å². The van der Waals surface area contributed by atoms with Gasteiger partial charge in [0, 0.05) is 32.7 Å². The van der Waals surface area contributed by atoms with Crippen molar-refractivity contribution in [3.8, 4) is 10.8 Å². The van der Waals surface area contributed by atoms with Crippen molar-refractivity contribution in [1.29, 1.82) is 0 Å². The van der Waals surface area contributed by atoms with Gasteiger partial charge >= 0.3 is 0 Å². The molecule has 0 unspecified atom stereocenters. The highest BCUT2D eigenvalue weighted by Crippen LogP contribution is 2.23. The summed E-state index contributed by atoms with van der Waals surface area (Å²) in [6, 6.07) is 12.3. The minimum Gasteiger partial charge on any atom is -0.418 e. The number of nitrogens with zero attached hydrogens (tertiary/aromatic N) is 5. The van der Waals surface area contributed by atoms with Gasteiger partial charge in [-0.1, -0.05) is 31.2 Å². The average Bonchev–Trinajstić information content (AvgIpc) is 3.52. The molecule has 1 aliphatic heterocycles. The Labute approximate surface area is 197 Å². The van der Waals surface area contributed by atoms with E-state index in [1.165, 1.54) is 15.6 Å². The predicted octanol–water partition coefficient (Wildman–Crippen LogP) is 2.54. The maximum absolute atomic E-state index is 13.0. The molecule has 1 aliphatic rings. The van der Waals surface area contributed by atoms with Crippen LogP contribution in [0, 0.1) is 0 Å².